The molecule has 332 valence electrons. The SMILES string of the molecule is c1ccc(N(c2ccc(-c3ccc(-c4ccc(-n5c6ccccc6c6ccccc65)cc4)cc3)cc2)c2ccc(-c3ccc4c(ccc5ccccc54)c3)cc2)c(-c2cccc3oc4ccccc4c23)c1. The van der Waals surface area contributed by atoms with Gasteiger partial charge in [0.25, 0.3) is 0 Å². The smallest absolute Gasteiger partial charge is 0.136 e. The maximum atomic E-state index is 6.40. The molecule has 0 amide bonds. The Morgan fingerprint density at radius 3 is 1.44 bits per heavy atom. The number of furan rings is 1. The van der Waals surface area contributed by atoms with Crippen molar-refractivity contribution in [3.05, 3.63) is 267 Å². The minimum atomic E-state index is 0.879. The number of para-hydroxylation sites is 4. The molecule has 12 aromatic carbocycles. The summed E-state index contributed by atoms with van der Waals surface area (Å²) >= 11 is 0. The molecule has 71 heavy (non-hydrogen) atoms. The fourth-order valence-electron chi connectivity index (χ4n) is 11.0. The van der Waals surface area contributed by atoms with Gasteiger partial charge in [-0.15, -0.1) is 0 Å². The van der Waals surface area contributed by atoms with Crippen molar-refractivity contribution in [2.75, 3.05) is 4.90 Å². The van der Waals surface area contributed by atoms with Crippen LogP contribution >= 0.6 is 0 Å². The predicted molar refractivity (Wildman–Crippen MR) is 299 cm³/mol. The van der Waals surface area contributed by atoms with Crippen LogP contribution in [0, 0.1) is 0 Å². The molecule has 0 fully saturated rings. The van der Waals surface area contributed by atoms with Crippen molar-refractivity contribution in [1.82, 2.24) is 4.57 Å². The molecule has 0 saturated carbocycles. The summed E-state index contributed by atoms with van der Waals surface area (Å²) in [6.07, 6.45) is 0. The van der Waals surface area contributed by atoms with E-state index in [-0.39, 0.29) is 0 Å². The normalized spacial score (nSPS) is 11.7. The highest BCUT2D eigenvalue weighted by atomic mass is 16.3. The number of hydrogen-bond acceptors (Lipinski definition) is 2. The van der Waals surface area contributed by atoms with Crippen LogP contribution in [0.5, 0.6) is 0 Å². The Kier molecular flexibility index (Phi) is 9.53. The van der Waals surface area contributed by atoms with Crippen LogP contribution in [0.15, 0.2) is 271 Å². The summed E-state index contributed by atoms with van der Waals surface area (Å²) < 4.78 is 8.77. The standard InChI is InChI=1S/C68H44N2O/c1-2-13-56-50(12-1)28-29-52-44-51(36-43-57(52)56)49-34-39-54(40-35-49)69(63-19-7-5-16-60(63)61-18-11-23-67-68(61)62-17-6-10-22-66(62)71-67)53-37-30-47(31-38-53)45-24-26-46(27-25-45)48-32-41-55(42-33-48)70-64-20-8-3-14-58(64)59-15-4-9-21-65(59)70/h1-44H. The highest BCUT2D eigenvalue weighted by Gasteiger charge is 2.21. The molecule has 0 aliphatic carbocycles. The number of anilines is 3. The van der Waals surface area contributed by atoms with E-state index >= 15 is 0 Å². The van der Waals surface area contributed by atoms with E-state index in [1.807, 2.05) is 6.07 Å². The van der Waals surface area contributed by atoms with Gasteiger partial charge in [-0.05, 0) is 133 Å². The third-order valence-electron chi connectivity index (χ3n) is 14.4. The van der Waals surface area contributed by atoms with E-state index in [9.17, 15) is 0 Å². The first kappa shape index (κ1) is 40.6. The maximum Gasteiger partial charge on any atom is 0.136 e. The van der Waals surface area contributed by atoms with Gasteiger partial charge in [0.15, 0.2) is 0 Å². The van der Waals surface area contributed by atoms with Crippen molar-refractivity contribution >= 4 is 82.4 Å². The Labute approximate surface area is 411 Å². The van der Waals surface area contributed by atoms with Crippen LogP contribution in [0.25, 0.3) is 115 Å². The second-order valence-electron chi connectivity index (χ2n) is 18.4. The molecule has 2 heterocycles. The average molecular weight is 905 g/mol. The number of fused-ring (bicyclic) bond motifs is 9. The molecule has 14 rings (SSSR count). The van der Waals surface area contributed by atoms with Crippen molar-refractivity contribution in [1.29, 1.82) is 0 Å². The lowest BCUT2D eigenvalue weighted by atomic mass is 9.96. The van der Waals surface area contributed by atoms with Gasteiger partial charge in [0.1, 0.15) is 11.2 Å². The summed E-state index contributed by atoms with van der Waals surface area (Å²) in [4.78, 5) is 2.39. The van der Waals surface area contributed by atoms with Crippen LogP contribution in [0.3, 0.4) is 0 Å². The van der Waals surface area contributed by atoms with Crippen LogP contribution in [0.4, 0.5) is 17.1 Å². The summed E-state index contributed by atoms with van der Waals surface area (Å²) in [6, 6.07) is 96.6. The Morgan fingerprint density at radius 2 is 0.761 bits per heavy atom. The molecule has 3 nitrogen and oxygen atoms in total. The lowest BCUT2D eigenvalue weighted by Crippen LogP contribution is -2.11. The lowest BCUT2D eigenvalue weighted by molar-refractivity contribution is 0.669. The molecule has 0 aliphatic rings. The Hall–Kier alpha value is -9.44. The molecule has 0 N–H and O–H groups in total. The van der Waals surface area contributed by atoms with Crippen LogP contribution in [0.2, 0.25) is 0 Å². The number of rotatable bonds is 8. The largest absolute Gasteiger partial charge is 0.456 e. The van der Waals surface area contributed by atoms with Gasteiger partial charge in [0.05, 0.1) is 16.7 Å². The fraction of sp³-hybridized carbons (Fsp3) is 0. The summed E-state index contributed by atoms with van der Waals surface area (Å²) in [6.45, 7) is 0. The number of aromatic nitrogens is 1. The molecule has 0 saturated heterocycles. The second-order valence-corrected chi connectivity index (χ2v) is 18.4. The molecular weight excluding hydrogens is 861 g/mol. The van der Waals surface area contributed by atoms with Gasteiger partial charge in [0, 0.05) is 44.2 Å². The van der Waals surface area contributed by atoms with E-state index in [2.05, 4.69) is 270 Å². The van der Waals surface area contributed by atoms with Gasteiger partial charge < -0.3 is 13.9 Å². The minimum absolute atomic E-state index is 0.879. The van der Waals surface area contributed by atoms with Crippen molar-refractivity contribution in [2.45, 2.75) is 0 Å². The van der Waals surface area contributed by atoms with Crippen LogP contribution in [-0.2, 0) is 0 Å². The van der Waals surface area contributed by atoms with Gasteiger partial charge in [-0.1, -0.05) is 194 Å². The molecule has 2 aromatic heterocycles. The molecule has 14 aromatic rings. The third-order valence-corrected chi connectivity index (χ3v) is 14.4. The highest BCUT2D eigenvalue weighted by Crippen LogP contribution is 2.45. The van der Waals surface area contributed by atoms with Crippen molar-refractivity contribution < 1.29 is 4.42 Å². The fourth-order valence-corrected chi connectivity index (χ4v) is 11.0. The molecule has 0 aliphatic heterocycles. The lowest BCUT2D eigenvalue weighted by Gasteiger charge is -2.28. The number of benzene rings is 12. The molecular formula is C68H44N2O. The van der Waals surface area contributed by atoms with Crippen molar-refractivity contribution in [2.24, 2.45) is 0 Å². The quantitative estimate of drug-likeness (QED) is 0.142. The minimum Gasteiger partial charge on any atom is -0.456 e. The Bertz CT molecular complexity index is 4260. The summed E-state index contributed by atoms with van der Waals surface area (Å²) in [5, 5.41) is 9.81. The van der Waals surface area contributed by atoms with E-state index in [0.29, 0.717) is 0 Å². The molecule has 0 bridgehead atoms. The van der Waals surface area contributed by atoms with E-state index in [1.54, 1.807) is 0 Å². The average Bonchev–Trinajstić information content (AvgIpc) is 4.00. The second kappa shape index (κ2) is 16.7. The van der Waals surface area contributed by atoms with Gasteiger partial charge in [-0.2, -0.15) is 0 Å². The summed E-state index contributed by atoms with van der Waals surface area (Å²) in [5.74, 6) is 0. The third kappa shape index (κ3) is 6.89. The summed E-state index contributed by atoms with van der Waals surface area (Å²) in [5.41, 5.74) is 17.9. The van der Waals surface area contributed by atoms with E-state index in [1.165, 1.54) is 71.2 Å². The Morgan fingerprint density at radius 1 is 0.296 bits per heavy atom. The zero-order valence-corrected chi connectivity index (χ0v) is 38.7. The molecule has 0 radical (unpaired) electrons. The van der Waals surface area contributed by atoms with E-state index in [4.69, 9.17) is 4.42 Å². The van der Waals surface area contributed by atoms with Crippen LogP contribution < -0.4 is 4.90 Å². The topological polar surface area (TPSA) is 21.3 Å². The summed E-state index contributed by atoms with van der Waals surface area (Å²) in [7, 11) is 0. The van der Waals surface area contributed by atoms with E-state index < -0.39 is 0 Å². The zero-order chi connectivity index (χ0) is 46.8. The van der Waals surface area contributed by atoms with Gasteiger partial charge in [-0.25, -0.2) is 0 Å². The zero-order valence-electron chi connectivity index (χ0n) is 38.7. The maximum absolute atomic E-state index is 6.40. The van der Waals surface area contributed by atoms with Gasteiger partial charge in [0.2, 0.25) is 0 Å². The molecule has 0 unspecified atom stereocenters. The number of hydrogen-bond donors (Lipinski definition) is 0. The van der Waals surface area contributed by atoms with Crippen molar-refractivity contribution in [3.8, 4) is 50.2 Å². The monoisotopic (exact) mass is 904 g/mol. The first-order chi connectivity index (χ1) is 35.2. The molecule has 3 heteroatoms. The highest BCUT2D eigenvalue weighted by molar-refractivity contribution is 6.14. The van der Waals surface area contributed by atoms with Crippen LogP contribution in [-0.4, -0.2) is 4.57 Å². The van der Waals surface area contributed by atoms with Crippen LogP contribution in [0.1, 0.15) is 0 Å². The van der Waals surface area contributed by atoms with Gasteiger partial charge in [-0.3, -0.25) is 0 Å². The number of nitrogens with zero attached hydrogens (tertiary/aromatic N) is 2. The van der Waals surface area contributed by atoms with E-state index in [0.717, 1.165) is 61.4 Å². The molecule has 0 atom stereocenters. The van der Waals surface area contributed by atoms with Gasteiger partial charge >= 0.3 is 0 Å². The Balaban J connectivity index is 0.815. The first-order valence-corrected chi connectivity index (χ1v) is 24.3. The first-order valence-electron chi connectivity index (χ1n) is 24.3. The van der Waals surface area contributed by atoms with Crippen molar-refractivity contribution in [3.63, 3.8) is 0 Å². The predicted octanol–water partition coefficient (Wildman–Crippen LogP) is 19.1. The molecule has 0 spiro atoms.